The fourth-order valence-electron chi connectivity index (χ4n) is 5.68. The number of pyridine rings is 1. The highest BCUT2D eigenvalue weighted by Gasteiger charge is 2.29. The van der Waals surface area contributed by atoms with Gasteiger partial charge in [-0.3, -0.25) is 19.4 Å². The molecule has 10 nitrogen and oxygen atoms in total. The molecule has 0 fully saturated rings. The number of carbonyl (C=O) groups excluding carboxylic acids is 2. The highest BCUT2D eigenvalue weighted by Crippen LogP contribution is 2.27. The maximum Gasteiger partial charge on any atom is 0.306 e. The average molecular weight is 592 g/mol. The first kappa shape index (κ1) is 28.9. The molecular formula is C34H33N5O5. The van der Waals surface area contributed by atoms with E-state index in [0.29, 0.717) is 26.3 Å². The van der Waals surface area contributed by atoms with Gasteiger partial charge in [0.05, 0.1) is 19.6 Å². The lowest BCUT2D eigenvalue weighted by Crippen LogP contribution is -2.50. The fourth-order valence-corrected chi connectivity index (χ4v) is 5.68. The molecule has 2 amide bonds. The molecule has 0 saturated heterocycles. The van der Waals surface area contributed by atoms with Crippen LogP contribution in [0.15, 0.2) is 97.7 Å². The summed E-state index contributed by atoms with van der Waals surface area (Å²) in [6.07, 6.45) is 8.76. The van der Waals surface area contributed by atoms with Gasteiger partial charge in [-0.2, -0.15) is 0 Å². The van der Waals surface area contributed by atoms with Crippen LogP contribution in [-0.2, 0) is 32.1 Å². The second-order valence-corrected chi connectivity index (χ2v) is 10.8. The number of ether oxygens (including phenoxy) is 1. The minimum absolute atomic E-state index is 0.256. The Morgan fingerprint density at radius 3 is 2.45 bits per heavy atom. The maximum atomic E-state index is 13.7. The van der Waals surface area contributed by atoms with Crippen molar-refractivity contribution < 1.29 is 24.2 Å². The van der Waals surface area contributed by atoms with Crippen molar-refractivity contribution in [2.24, 2.45) is 0 Å². The molecule has 0 saturated carbocycles. The lowest BCUT2D eigenvalue weighted by atomic mass is 10.0. The SMILES string of the molecule is O=C(O)C[C@H](C(=O)N[C@H]1Cc2cn(c3ccccc23)CCOCCNC1=O)n1ccc(-c2ccc(-c3ccncc3)cc2)c1. The second kappa shape index (κ2) is 13.0. The number of carbonyl (C=O) groups is 3. The number of benzene rings is 2. The first-order valence-corrected chi connectivity index (χ1v) is 14.6. The molecule has 4 heterocycles. The van der Waals surface area contributed by atoms with E-state index in [1.807, 2.05) is 72.9 Å². The molecule has 1 aliphatic rings. The van der Waals surface area contributed by atoms with Crippen LogP contribution in [0.4, 0.5) is 0 Å². The van der Waals surface area contributed by atoms with Crippen molar-refractivity contribution in [1.29, 1.82) is 0 Å². The number of fused-ring (bicyclic) bond motifs is 5. The van der Waals surface area contributed by atoms with Gasteiger partial charge in [0, 0.05) is 61.4 Å². The van der Waals surface area contributed by atoms with E-state index >= 15 is 0 Å². The van der Waals surface area contributed by atoms with E-state index in [-0.39, 0.29) is 12.3 Å². The van der Waals surface area contributed by atoms with Crippen LogP contribution in [0.1, 0.15) is 18.0 Å². The van der Waals surface area contributed by atoms with Crippen LogP contribution in [0.3, 0.4) is 0 Å². The zero-order valence-electron chi connectivity index (χ0n) is 24.1. The van der Waals surface area contributed by atoms with Crippen molar-refractivity contribution in [3.63, 3.8) is 0 Å². The van der Waals surface area contributed by atoms with Gasteiger partial charge < -0.3 is 29.6 Å². The van der Waals surface area contributed by atoms with Gasteiger partial charge in [0.1, 0.15) is 12.1 Å². The smallest absolute Gasteiger partial charge is 0.306 e. The van der Waals surface area contributed by atoms with Gasteiger partial charge in [-0.15, -0.1) is 0 Å². The lowest BCUT2D eigenvalue weighted by molar-refractivity contribution is -0.141. The number of rotatable bonds is 7. The predicted octanol–water partition coefficient (Wildman–Crippen LogP) is 4.06. The minimum Gasteiger partial charge on any atom is -0.481 e. The number of carboxylic acids is 1. The summed E-state index contributed by atoms with van der Waals surface area (Å²) >= 11 is 0. The summed E-state index contributed by atoms with van der Waals surface area (Å²) in [4.78, 5) is 43.0. The molecule has 0 unspecified atom stereocenters. The number of amides is 2. The third-order valence-corrected chi connectivity index (χ3v) is 7.93. The van der Waals surface area contributed by atoms with Gasteiger partial charge in [-0.05, 0) is 52.1 Å². The summed E-state index contributed by atoms with van der Waals surface area (Å²) in [6, 6.07) is 19.7. The Morgan fingerprint density at radius 2 is 1.68 bits per heavy atom. The number of nitrogens with one attached hydrogen (secondary N) is 2. The normalized spacial score (nSPS) is 16.4. The van der Waals surface area contributed by atoms with Crippen LogP contribution in [-0.4, -0.2) is 62.8 Å². The molecule has 6 rings (SSSR count). The Hall–Kier alpha value is -5.22. The predicted molar refractivity (Wildman–Crippen MR) is 166 cm³/mol. The molecule has 0 spiro atoms. The summed E-state index contributed by atoms with van der Waals surface area (Å²) in [6.45, 7) is 1.82. The van der Waals surface area contributed by atoms with E-state index in [1.165, 1.54) is 0 Å². The van der Waals surface area contributed by atoms with Crippen molar-refractivity contribution in [3.8, 4) is 22.3 Å². The van der Waals surface area contributed by atoms with Crippen LogP contribution in [0.2, 0.25) is 0 Å². The fraction of sp³-hybridized carbons (Fsp3) is 0.235. The van der Waals surface area contributed by atoms with E-state index in [0.717, 1.165) is 38.7 Å². The second-order valence-electron chi connectivity index (χ2n) is 10.8. The Bertz CT molecular complexity index is 1780. The third kappa shape index (κ3) is 6.40. The van der Waals surface area contributed by atoms with E-state index < -0.39 is 30.4 Å². The first-order valence-electron chi connectivity index (χ1n) is 14.6. The van der Waals surface area contributed by atoms with Gasteiger partial charge in [-0.1, -0.05) is 42.5 Å². The number of carboxylic acid groups (broad SMARTS) is 1. The largest absolute Gasteiger partial charge is 0.481 e. The molecule has 0 aliphatic carbocycles. The van der Waals surface area contributed by atoms with Gasteiger partial charge in [0.15, 0.2) is 0 Å². The third-order valence-electron chi connectivity index (χ3n) is 7.93. The zero-order valence-corrected chi connectivity index (χ0v) is 24.1. The van der Waals surface area contributed by atoms with Crippen molar-refractivity contribution in [2.75, 3.05) is 19.8 Å². The molecule has 1 aliphatic heterocycles. The molecule has 2 aromatic carbocycles. The quantitative estimate of drug-likeness (QED) is 0.262. The van der Waals surface area contributed by atoms with Gasteiger partial charge >= 0.3 is 5.97 Å². The topological polar surface area (TPSA) is 127 Å². The summed E-state index contributed by atoms with van der Waals surface area (Å²) in [5, 5.41) is 16.4. The number of aromatic nitrogens is 3. The Labute approximate surface area is 254 Å². The first-order chi connectivity index (χ1) is 21.5. The Balaban J connectivity index is 1.25. The molecule has 3 N–H and O–H groups in total. The van der Waals surface area contributed by atoms with Gasteiger partial charge in [0.25, 0.3) is 0 Å². The Kier molecular flexibility index (Phi) is 8.51. The number of hydrogen-bond donors (Lipinski definition) is 3. The zero-order chi connectivity index (χ0) is 30.5. The lowest BCUT2D eigenvalue weighted by Gasteiger charge is -2.23. The minimum atomic E-state index is -1.12. The highest BCUT2D eigenvalue weighted by atomic mass is 16.5. The van der Waals surface area contributed by atoms with Crippen molar-refractivity contribution in [1.82, 2.24) is 24.8 Å². The summed E-state index contributed by atoms with van der Waals surface area (Å²) in [5.74, 6) is -2.02. The summed E-state index contributed by atoms with van der Waals surface area (Å²) in [5.41, 5.74) is 5.79. The van der Waals surface area contributed by atoms with Crippen molar-refractivity contribution in [2.45, 2.75) is 31.5 Å². The molecule has 3 aromatic heterocycles. The summed E-state index contributed by atoms with van der Waals surface area (Å²) < 4.78 is 9.40. The average Bonchev–Trinajstić information content (AvgIpc) is 3.66. The van der Waals surface area contributed by atoms with E-state index in [4.69, 9.17) is 4.74 Å². The number of para-hydroxylation sites is 1. The van der Waals surface area contributed by atoms with Crippen LogP contribution in [0, 0.1) is 0 Å². The van der Waals surface area contributed by atoms with Crippen molar-refractivity contribution >= 4 is 28.7 Å². The van der Waals surface area contributed by atoms with E-state index in [9.17, 15) is 19.5 Å². The molecule has 5 aromatic rings. The van der Waals surface area contributed by atoms with Crippen LogP contribution >= 0.6 is 0 Å². The number of nitrogens with zero attached hydrogens (tertiary/aromatic N) is 3. The standard InChI is InChI=1S/C34H33N5O5/c40-32(41)20-31(38-15-11-26(21-38)24-7-5-23(6-8-24)25-9-12-35-13-10-25)34(43)37-29-19-27-22-39(30-4-2-1-3-28(27)30)16-18-44-17-14-36-33(29)42/h1-13,15,21-22,29,31H,14,16-20H2,(H,36,42)(H,37,43)(H,40,41)/t29-,31+/m0/s1. The number of aliphatic carboxylic acids is 1. The van der Waals surface area contributed by atoms with Gasteiger partial charge in [-0.25, -0.2) is 0 Å². The van der Waals surface area contributed by atoms with E-state index in [1.54, 1.807) is 29.4 Å². The number of hydrogen-bond acceptors (Lipinski definition) is 5. The van der Waals surface area contributed by atoms with Gasteiger partial charge in [0.2, 0.25) is 11.8 Å². The molecular weight excluding hydrogens is 558 g/mol. The summed E-state index contributed by atoms with van der Waals surface area (Å²) in [7, 11) is 0. The van der Waals surface area contributed by atoms with E-state index in [2.05, 4.69) is 20.2 Å². The van der Waals surface area contributed by atoms with Crippen LogP contribution in [0.5, 0.6) is 0 Å². The molecule has 0 radical (unpaired) electrons. The molecule has 2 bridgehead atoms. The molecule has 44 heavy (non-hydrogen) atoms. The molecule has 10 heteroatoms. The molecule has 224 valence electrons. The van der Waals surface area contributed by atoms with Crippen LogP contribution in [0.25, 0.3) is 33.2 Å². The van der Waals surface area contributed by atoms with Crippen LogP contribution < -0.4 is 10.6 Å². The van der Waals surface area contributed by atoms with Crippen molar-refractivity contribution in [3.05, 3.63) is 103 Å². The highest BCUT2D eigenvalue weighted by molar-refractivity contribution is 5.92. The molecule has 2 atom stereocenters. The monoisotopic (exact) mass is 591 g/mol. The maximum absolute atomic E-state index is 13.7. The Morgan fingerprint density at radius 1 is 0.955 bits per heavy atom.